The molecule has 24 heavy (non-hydrogen) atoms. The van der Waals surface area contributed by atoms with Gasteiger partial charge >= 0.3 is 0 Å². The van der Waals surface area contributed by atoms with Gasteiger partial charge in [-0.05, 0) is 28.7 Å². The summed E-state index contributed by atoms with van der Waals surface area (Å²) in [5.41, 5.74) is 1.47. The zero-order valence-electron chi connectivity index (χ0n) is 15.6. The third-order valence-electron chi connectivity index (χ3n) is 4.42. The minimum atomic E-state index is -1.21. The summed E-state index contributed by atoms with van der Waals surface area (Å²) in [6, 6.07) is 18.0. The molecule has 0 bridgehead atoms. The van der Waals surface area contributed by atoms with E-state index in [0.717, 1.165) is 11.1 Å². The first-order chi connectivity index (χ1) is 11.0. The van der Waals surface area contributed by atoms with Crippen molar-refractivity contribution in [1.29, 1.82) is 0 Å². The van der Waals surface area contributed by atoms with Crippen molar-refractivity contribution >= 4 is 0 Å². The van der Waals surface area contributed by atoms with Crippen LogP contribution in [0.15, 0.2) is 54.6 Å². The van der Waals surface area contributed by atoms with Crippen LogP contribution in [0, 0.1) is 17.3 Å². The molecule has 1 nitrogen and oxygen atoms in total. The molecule has 0 aliphatic rings. The Morgan fingerprint density at radius 3 is 1.67 bits per heavy atom. The minimum Gasteiger partial charge on any atom is -0.373 e. The maximum Gasteiger partial charge on any atom is 0.156 e. The van der Waals surface area contributed by atoms with Gasteiger partial charge in [0.1, 0.15) is 0 Å². The Morgan fingerprint density at radius 1 is 0.708 bits per heavy atom. The summed E-state index contributed by atoms with van der Waals surface area (Å²) in [4.78, 5) is 0. The van der Waals surface area contributed by atoms with Crippen LogP contribution in [0.5, 0.6) is 0 Å². The van der Waals surface area contributed by atoms with Crippen molar-refractivity contribution in [3.63, 3.8) is 0 Å². The average molecular weight is 320 g/mol. The zero-order valence-corrected chi connectivity index (χ0v) is 15.6. The maximum atomic E-state index is 11.4. The van der Waals surface area contributed by atoms with Crippen LogP contribution >= 0.6 is 0 Å². The first kappa shape index (κ1) is 18.3. The van der Waals surface area contributed by atoms with E-state index in [0.29, 0.717) is 0 Å². The number of aliphatic hydroxyl groups is 1. The third kappa shape index (κ3) is 3.89. The largest absolute Gasteiger partial charge is 0.373 e. The molecule has 0 aliphatic heterocycles. The molecule has 2 aromatic carbocycles. The molecule has 0 saturated heterocycles. The highest BCUT2D eigenvalue weighted by atomic mass is 16.3. The van der Waals surface area contributed by atoms with Crippen molar-refractivity contribution in [2.24, 2.45) is 5.41 Å². The van der Waals surface area contributed by atoms with E-state index in [1.165, 1.54) is 5.56 Å². The maximum absolute atomic E-state index is 11.4. The number of hydrogen-bond donors (Lipinski definition) is 1. The van der Waals surface area contributed by atoms with E-state index < -0.39 is 11.0 Å². The fourth-order valence-electron chi connectivity index (χ4n) is 2.59. The third-order valence-corrected chi connectivity index (χ3v) is 4.42. The van der Waals surface area contributed by atoms with Gasteiger partial charge in [-0.3, -0.25) is 0 Å². The van der Waals surface area contributed by atoms with E-state index in [2.05, 4.69) is 44.7 Å². The molecular weight excluding hydrogens is 292 g/mol. The Morgan fingerprint density at radius 2 is 1.21 bits per heavy atom. The minimum absolute atomic E-state index is 0.0914. The van der Waals surface area contributed by atoms with Gasteiger partial charge in [0.25, 0.3) is 0 Å². The predicted molar refractivity (Wildman–Crippen MR) is 102 cm³/mol. The van der Waals surface area contributed by atoms with Crippen LogP contribution < -0.4 is 0 Å². The predicted octanol–water partition coefficient (Wildman–Crippen LogP) is 5.27. The van der Waals surface area contributed by atoms with Crippen molar-refractivity contribution in [1.82, 2.24) is 0 Å². The lowest BCUT2D eigenvalue weighted by atomic mass is 9.72. The highest BCUT2D eigenvalue weighted by molar-refractivity contribution is 5.42. The Kier molecular flexibility index (Phi) is 4.92. The first-order valence-electron chi connectivity index (χ1n) is 8.46. The van der Waals surface area contributed by atoms with Crippen molar-refractivity contribution in [3.05, 3.63) is 71.3 Å². The van der Waals surface area contributed by atoms with E-state index in [-0.39, 0.29) is 5.41 Å². The Balaban J connectivity index is 2.48. The fraction of sp³-hybridized carbons (Fsp3) is 0.391. The number of rotatable bonds is 1. The first-order valence-corrected chi connectivity index (χ1v) is 8.46. The second-order valence-corrected chi connectivity index (χ2v) is 8.40. The van der Waals surface area contributed by atoms with Gasteiger partial charge < -0.3 is 5.11 Å². The molecule has 0 spiro atoms. The molecule has 2 rings (SSSR count). The summed E-state index contributed by atoms with van der Waals surface area (Å²) < 4.78 is 0. The summed E-state index contributed by atoms with van der Waals surface area (Å²) in [5, 5.41) is 11.4. The van der Waals surface area contributed by atoms with Crippen molar-refractivity contribution in [3.8, 4) is 11.8 Å². The van der Waals surface area contributed by atoms with Gasteiger partial charge in [-0.25, -0.2) is 0 Å². The van der Waals surface area contributed by atoms with Gasteiger partial charge in [0.05, 0.1) is 0 Å². The highest BCUT2D eigenvalue weighted by Gasteiger charge is 2.40. The topological polar surface area (TPSA) is 20.2 Å². The van der Waals surface area contributed by atoms with Gasteiger partial charge in [0, 0.05) is 11.0 Å². The van der Waals surface area contributed by atoms with Crippen LogP contribution in [-0.4, -0.2) is 5.11 Å². The van der Waals surface area contributed by atoms with E-state index in [1.807, 2.05) is 63.2 Å². The molecule has 1 heteroatoms. The van der Waals surface area contributed by atoms with Gasteiger partial charge in [-0.1, -0.05) is 95.8 Å². The number of hydrogen-bond acceptors (Lipinski definition) is 1. The van der Waals surface area contributed by atoms with Crippen LogP contribution in [0.3, 0.4) is 0 Å². The molecule has 126 valence electrons. The SMILES string of the molecule is CC(C)(C)c1ccc(C(O)(C#Cc2ccccc2)C(C)(C)C)cc1. The quantitative estimate of drug-likeness (QED) is 0.710. The molecule has 0 amide bonds. The van der Waals surface area contributed by atoms with Gasteiger partial charge in [-0.2, -0.15) is 0 Å². The molecule has 1 N–H and O–H groups in total. The van der Waals surface area contributed by atoms with E-state index >= 15 is 0 Å². The summed E-state index contributed by atoms with van der Waals surface area (Å²) in [6.07, 6.45) is 0. The van der Waals surface area contributed by atoms with Gasteiger partial charge in [-0.15, -0.1) is 0 Å². The molecule has 1 atom stereocenters. The van der Waals surface area contributed by atoms with Crippen LogP contribution in [0.4, 0.5) is 0 Å². The van der Waals surface area contributed by atoms with Crippen LogP contribution in [0.1, 0.15) is 58.2 Å². The van der Waals surface area contributed by atoms with E-state index in [4.69, 9.17) is 0 Å². The summed E-state index contributed by atoms with van der Waals surface area (Å²) in [6.45, 7) is 12.6. The van der Waals surface area contributed by atoms with E-state index in [9.17, 15) is 5.11 Å². The molecule has 1 unspecified atom stereocenters. The smallest absolute Gasteiger partial charge is 0.156 e. The standard InChI is InChI=1S/C23H28O/c1-21(2,3)19-12-14-20(15-13-19)23(24,22(4,5)6)17-16-18-10-8-7-9-11-18/h7-15,24H,1-6H3. The lowest BCUT2D eigenvalue weighted by Crippen LogP contribution is -2.38. The van der Waals surface area contributed by atoms with Crippen molar-refractivity contribution in [2.45, 2.75) is 52.6 Å². The van der Waals surface area contributed by atoms with Gasteiger partial charge in [0.15, 0.2) is 5.60 Å². The second-order valence-electron chi connectivity index (χ2n) is 8.40. The number of benzene rings is 2. The van der Waals surface area contributed by atoms with Gasteiger partial charge in [0.2, 0.25) is 0 Å². The molecule has 0 aliphatic carbocycles. The van der Waals surface area contributed by atoms with Crippen molar-refractivity contribution in [2.75, 3.05) is 0 Å². The molecule has 0 radical (unpaired) electrons. The van der Waals surface area contributed by atoms with Crippen molar-refractivity contribution < 1.29 is 5.11 Å². The highest BCUT2D eigenvalue weighted by Crippen LogP contribution is 2.39. The molecule has 0 fully saturated rings. The van der Waals surface area contributed by atoms with Crippen LogP contribution in [0.25, 0.3) is 0 Å². The Hall–Kier alpha value is -2.04. The Bertz CT molecular complexity index is 731. The fourth-order valence-corrected chi connectivity index (χ4v) is 2.59. The van der Waals surface area contributed by atoms with Crippen LogP contribution in [0.2, 0.25) is 0 Å². The van der Waals surface area contributed by atoms with E-state index in [1.54, 1.807) is 0 Å². The summed E-state index contributed by atoms with van der Waals surface area (Å²) in [7, 11) is 0. The Labute approximate surface area is 146 Å². The molecule has 2 aromatic rings. The molecule has 0 saturated carbocycles. The van der Waals surface area contributed by atoms with Crippen LogP contribution in [-0.2, 0) is 11.0 Å². The monoisotopic (exact) mass is 320 g/mol. The zero-order chi connectivity index (χ0) is 18.0. The lowest BCUT2D eigenvalue weighted by Gasteiger charge is -2.36. The summed E-state index contributed by atoms with van der Waals surface area (Å²) >= 11 is 0. The summed E-state index contributed by atoms with van der Waals surface area (Å²) in [5.74, 6) is 6.27. The lowest BCUT2D eigenvalue weighted by molar-refractivity contribution is -0.00902. The molecular formula is C23H28O. The molecule has 0 aromatic heterocycles. The molecule has 0 heterocycles. The average Bonchev–Trinajstić information content (AvgIpc) is 2.52. The second kappa shape index (κ2) is 6.46. The normalized spacial score (nSPS) is 14.5.